The number of ether oxygens (including phenoxy) is 1. The van der Waals surface area contributed by atoms with Crippen LogP contribution in [0.25, 0.3) is 5.57 Å². The lowest BCUT2D eigenvalue weighted by Gasteiger charge is -2.25. The summed E-state index contributed by atoms with van der Waals surface area (Å²) in [6, 6.07) is 11.7. The maximum Gasteiger partial charge on any atom is 0.234 e. The van der Waals surface area contributed by atoms with E-state index in [4.69, 9.17) is 9.15 Å². The van der Waals surface area contributed by atoms with Crippen molar-refractivity contribution in [3.63, 3.8) is 0 Å². The van der Waals surface area contributed by atoms with Gasteiger partial charge in [-0.2, -0.15) is 0 Å². The Labute approximate surface area is 148 Å². The average Bonchev–Trinajstić information content (AvgIpc) is 3.07. The number of furan rings is 1. The number of carbonyl (C=O) groups is 1. The summed E-state index contributed by atoms with van der Waals surface area (Å²) in [6.45, 7) is 4.53. The Balaban J connectivity index is 1.45. The minimum absolute atomic E-state index is 0.0431. The quantitative estimate of drug-likeness (QED) is 0.878. The van der Waals surface area contributed by atoms with Gasteiger partial charge in [-0.15, -0.1) is 0 Å². The van der Waals surface area contributed by atoms with Crippen molar-refractivity contribution in [1.29, 1.82) is 0 Å². The molecule has 5 heteroatoms. The van der Waals surface area contributed by atoms with Crippen LogP contribution in [0.5, 0.6) is 5.75 Å². The van der Waals surface area contributed by atoms with Crippen molar-refractivity contribution in [3.8, 4) is 5.75 Å². The molecule has 1 aromatic carbocycles. The number of amides is 1. The lowest BCUT2D eigenvalue weighted by Crippen LogP contribution is -2.39. The summed E-state index contributed by atoms with van der Waals surface area (Å²) in [5.74, 6) is 2.73. The normalized spacial score (nSPS) is 14.9. The van der Waals surface area contributed by atoms with Crippen LogP contribution in [0.4, 0.5) is 0 Å². The molecule has 132 valence electrons. The standard InChI is InChI=1S/C20H24N2O3/c1-15-3-8-19(25-15)17-9-11-22(12-10-17)14-20(23)21-13-16-4-6-18(24-2)7-5-16/h3-9H,10-14H2,1-2H3,(H,21,23). The van der Waals surface area contributed by atoms with Gasteiger partial charge < -0.3 is 14.5 Å². The van der Waals surface area contributed by atoms with Gasteiger partial charge in [-0.05, 0) is 48.7 Å². The van der Waals surface area contributed by atoms with E-state index in [1.54, 1.807) is 7.11 Å². The molecule has 1 N–H and O–H groups in total. The predicted molar refractivity (Wildman–Crippen MR) is 97.3 cm³/mol. The maximum atomic E-state index is 12.1. The SMILES string of the molecule is COc1ccc(CNC(=O)CN2CC=C(c3ccc(C)o3)CC2)cc1. The molecule has 0 saturated heterocycles. The van der Waals surface area contributed by atoms with Gasteiger partial charge in [0.2, 0.25) is 5.91 Å². The molecule has 0 spiro atoms. The van der Waals surface area contributed by atoms with E-state index in [-0.39, 0.29) is 5.91 Å². The molecule has 0 radical (unpaired) electrons. The van der Waals surface area contributed by atoms with Gasteiger partial charge in [-0.25, -0.2) is 0 Å². The summed E-state index contributed by atoms with van der Waals surface area (Å²) >= 11 is 0. The van der Waals surface area contributed by atoms with Gasteiger partial charge in [0.05, 0.1) is 13.7 Å². The summed E-state index contributed by atoms with van der Waals surface area (Å²) in [6.07, 6.45) is 3.05. The zero-order valence-corrected chi connectivity index (χ0v) is 14.7. The zero-order valence-electron chi connectivity index (χ0n) is 14.7. The molecule has 3 rings (SSSR count). The fraction of sp³-hybridized carbons (Fsp3) is 0.350. The third kappa shape index (κ3) is 4.73. The number of hydrogen-bond acceptors (Lipinski definition) is 4. The van der Waals surface area contributed by atoms with E-state index >= 15 is 0 Å². The van der Waals surface area contributed by atoms with Gasteiger partial charge in [0.25, 0.3) is 0 Å². The van der Waals surface area contributed by atoms with Crippen LogP contribution in [-0.2, 0) is 11.3 Å². The van der Waals surface area contributed by atoms with Crippen LogP contribution < -0.4 is 10.1 Å². The van der Waals surface area contributed by atoms with Gasteiger partial charge in [0, 0.05) is 19.6 Å². The number of rotatable bonds is 6. The van der Waals surface area contributed by atoms with Crippen molar-refractivity contribution in [3.05, 3.63) is 59.6 Å². The van der Waals surface area contributed by atoms with Crippen molar-refractivity contribution in [1.82, 2.24) is 10.2 Å². The lowest BCUT2D eigenvalue weighted by molar-refractivity contribution is -0.122. The summed E-state index contributed by atoms with van der Waals surface area (Å²) in [4.78, 5) is 14.3. The van der Waals surface area contributed by atoms with Crippen molar-refractivity contribution in [2.45, 2.75) is 19.9 Å². The van der Waals surface area contributed by atoms with E-state index in [0.717, 1.165) is 42.3 Å². The fourth-order valence-electron chi connectivity index (χ4n) is 2.89. The first kappa shape index (κ1) is 17.3. The van der Waals surface area contributed by atoms with Crippen molar-refractivity contribution in [2.75, 3.05) is 26.7 Å². The molecule has 0 saturated carbocycles. The molecule has 0 fully saturated rings. The van der Waals surface area contributed by atoms with E-state index in [1.165, 1.54) is 5.57 Å². The molecule has 0 aliphatic carbocycles. The Morgan fingerprint density at radius 2 is 2.04 bits per heavy atom. The highest BCUT2D eigenvalue weighted by Gasteiger charge is 2.17. The number of benzene rings is 1. The second-order valence-corrected chi connectivity index (χ2v) is 6.25. The van der Waals surface area contributed by atoms with Crippen molar-refractivity contribution < 1.29 is 13.9 Å². The second kappa shape index (κ2) is 8.03. The molecule has 1 amide bonds. The maximum absolute atomic E-state index is 12.1. The zero-order chi connectivity index (χ0) is 17.6. The summed E-state index contributed by atoms with van der Waals surface area (Å²) in [5, 5.41) is 2.97. The first-order valence-electron chi connectivity index (χ1n) is 8.52. The summed E-state index contributed by atoms with van der Waals surface area (Å²) in [7, 11) is 1.64. The topological polar surface area (TPSA) is 54.7 Å². The third-order valence-corrected chi connectivity index (χ3v) is 4.37. The number of methoxy groups -OCH3 is 1. The number of nitrogens with one attached hydrogen (secondary N) is 1. The lowest BCUT2D eigenvalue weighted by atomic mass is 10.1. The molecule has 0 atom stereocenters. The van der Waals surface area contributed by atoms with Crippen molar-refractivity contribution >= 4 is 11.5 Å². The Hall–Kier alpha value is -2.53. The van der Waals surface area contributed by atoms with Gasteiger partial charge in [0.15, 0.2) is 0 Å². The van der Waals surface area contributed by atoms with Crippen LogP contribution in [-0.4, -0.2) is 37.6 Å². The Morgan fingerprint density at radius 1 is 1.24 bits per heavy atom. The molecule has 25 heavy (non-hydrogen) atoms. The molecule has 1 aliphatic rings. The fourth-order valence-corrected chi connectivity index (χ4v) is 2.89. The van der Waals surface area contributed by atoms with Gasteiger partial charge >= 0.3 is 0 Å². The van der Waals surface area contributed by atoms with E-state index in [1.807, 2.05) is 43.3 Å². The monoisotopic (exact) mass is 340 g/mol. The molecule has 2 aromatic rings. The van der Waals surface area contributed by atoms with Gasteiger partial charge in [-0.1, -0.05) is 18.2 Å². The molecule has 0 bridgehead atoms. The largest absolute Gasteiger partial charge is 0.497 e. The van der Waals surface area contributed by atoms with Crippen LogP contribution in [0.15, 0.2) is 46.9 Å². The van der Waals surface area contributed by atoms with E-state index in [2.05, 4.69) is 16.3 Å². The molecule has 0 unspecified atom stereocenters. The van der Waals surface area contributed by atoms with Gasteiger partial charge in [-0.3, -0.25) is 9.69 Å². The van der Waals surface area contributed by atoms with Crippen LogP contribution in [0, 0.1) is 6.92 Å². The first-order valence-corrected chi connectivity index (χ1v) is 8.52. The number of nitrogens with zero attached hydrogens (tertiary/aromatic N) is 1. The predicted octanol–water partition coefficient (Wildman–Crippen LogP) is 3.00. The number of carbonyl (C=O) groups excluding carboxylic acids is 1. The molecule has 1 aromatic heterocycles. The van der Waals surface area contributed by atoms with Gasteiger partial charge in [0.1, 0.15) is 17.3 Å². The third-order valence-electron chi connectivity index (χ3n) is 4.37. The Bertz CT molecular complexity index is 747. The van der Waals surface area contributed by atoms with E-state index < -0.39 is 0 Å². The van der Waals surface area contributed by atoms with E-state index in [0.29, 0.717) is 13.1 Å². The Morgan fingerprint density at radius 3 is 2.64 bits per heavy atom. The van der Waals surface area contributed by atoms with Crippen LogP contribution in [0.1, 0.15) is 23.5 Å². The van der Waals surface area contributed by atoms with Crippen LogP contribution in [0.3, 0.4) is 0 Å². The molecular formula is C20H24N2O3. The summed E-state index contributed by atoms with van der Waals surface area (Å²) < 4.78 is 10.8. The second-order valence-electron chi connectivity index (χ2n) is 6.25. The van der Waals surface area contributed by atoms with Crippen LogP contribution >= 0.6 is 0 Å². The number of aryl methyl sites for hydroxylation is 1. The number of hydrogen-bond donors (Lipinski definition) is 1. The summed E-state index contributed by atoms with van der Waals surface area (Å²) in [5.41, 5.74) is 2.28. The van der Waals surface area contributed by atoms with Crippen molar-refractivity contribution in [2.24, 2.45) is 0 Å². The molecule has 2 heterocycles. The highest BCUT2D eigenvalue weighted by Crippen LogP contribution is 2.23. The molecule has 5 nitrogen and oxygen atoms in total. The average molecular weight is 340 g/mol. The highest BCUT2D eigenvalue weighted by atomic mass is 16.5. The van der Waals surface area contributed by atoms with E-state index in [9.17, 15) is 4.79 Å². The first-order chi connectivity index (χ1) is 12.1. The highest BCUT2D eigenvalue weighted by molar-refractivity contribution is 5.78. The minimum atomic E-state index is 0.0431. The Kier molecular flexibility index (Phi) is 5.56. The van der Waals surface area contributed by atoms with Crippen LogP contribution in [0.2, 0.25) is 0 Å². The molecular weight excluding hydrogens is 316 g/mol. The smallest absolute Gasteiger partial charge is 0.234 e. The minimum Gasteiger partial charge on any atom is -0.497 e. The molecule has 1 aliphatic heterocycles.